The fraction of sp³-hybridized carbons (Fsp3) is 0.115. The predicted molar refractivity (Wildman–Crippen MR) is 132 cm³/mol. The summed E-state index contributed by atoms with van der Waals surface area (Å²) in [5.74, 6) is -0.994. The standard InChI is InChI=1S/C26H20Cl2N2O4/c1-2-34-23-14-16(13-22(28)19(23)15-17-8-6-7-11-21(17)27)12-20-24(31)29-26(33)30(25(20)32)18-9-4-3-5-10-18/h3-14H,2,15H2,1H3,(H,29,31,33)/b20-12+. The Labute approximate surface area is 206 Å². The molecule has 4 amide bonds. The summed E-state index contributed by atoms with van der Waals surface area (Å²) in [5.41, 5.74) is 2.26. The van der Waals surface area contributed by atoms with Crippen LogP contribution in [0.4, 0.5) is 10.5 Å². The van der Waals surface area contributed by atoms with Gasteiger partial charge in [0.05, 0.1) is 12.3 Å². The Morgan fingerprint density at radius 1 is 0.941 bits per heavy atom. The van der Waals surface area contributed by atoms with E-state index in [1.54, 1.807) is 48.5 Å². The van der Waals surface area contributed by atoms with Crippen LogP contribution in [-0.2, 0) is 16.0 Å². The van der Waals surface area contributed by atoms with Gasteiger partial charge in [-0.05, 0) is 54.5 Å². The van der Waals surface area contributed by atoms with E-state index in [4.69, 9.17) is 27.9 Å². The maximum Gasteiger partial charge on any atom is 0.335 e. The highest BCUT2D eigenvalue weighted by molar-refractivity contribution is 6.39. The van der Waals surface area contributed by atoms with Gasteiger partial charge in [-0.2, -0.15) is 0 Å². The van der Waals surface area contributed by atoms with E-state index in [0.29, 0.717) is 40.1 Å². The Kier molecular flexibility index (Phi) is 7.01. The van der Waals surface area contributed by atoms with E-state index >= 15 is 0 Å². The Bertz CT molecular complexity index is 1310. The van der Waals surface area contributed by atoms with E-state index in [2.05, 4.69) is 5.32 Å². The van der Waals surface area contributed by atoms with Gasteiger partial charge in [-0.25, -0.2) is 9.69 Å². The number of carbonyl (C=O) groups excluding carboxylic acids is 3. The van der Waals surface area contributed by atoms with Gasteiger partial charge in [-0.3, -0.25) is 14.9 Å². The topological polar surface area (TPSA) is 75.7 Å². The second-order valence-electron chi connectivity index (χ2n) is 7.47. The van der Waals surface area contributed by atoms with E-state index in [0.717, 1.165) is 16.0 Å². The van der Waals surface area contributed by atoms with Gasteiger partial charge in [0.1, 0.15) is 11.3 Å². The molecule has 6 nitrogen and oxygen atoms in total. The molecule has 0 atom stereocenters. The third-order valence-electron chi connectivity index (χ3n) is 5.23. The molecule has 3 aromatic carbocycles. The number of benzene rings is 3. The summed E-state index contributed by atoms with van der Waals surface area (Å²) in [5, 5.41) is 3.23. The molecule has 0 radical (unpaired) electrons. The lowest BCUT2D eigenvalue weighted by molar-refractivity contribution is -0.122. The molecule has 0 bridgehead atoms. The monoisotopic (exact) mass is 494 g/mol. The first-order valence-corrected chi connectivity index (χ1v) is 11.3. The van der Waals surface area contributed by atoms with Gasteiger partial charge >= 0.3 is 6.03 Å². The zero-order valence-corrected chi connectivity index (χ0v) is 19.7. The number of nitrogens with one attached hydrogen (secondary N) is 1. The third kappa shape index (κ3) is 4.83. The number of amides is 4. The first kappa shape index (κ1) is 23.5. The summed E-state index contributed by atoms with van der Waals surface area (Å²) in [6, 6.07) is 18.4. The summed E-state index contributed by atoms with van der Waals surface area (Å²) in [6.07, 6.45) is 1.84. The molecule has 1 aliphatic heterocycles. The molecule has 3 aromatic rings. The zero-order valence-electron chi connectivity index (χ0n) is 18.2. The number of para-hydroxylation sites is 1. The lowest BCUT2D eigenvalue weighted by Crippen LogP contribution is -2.54. The number of rotatable bonds is 6. The summed E-state index contributed by atoms with van der Waals surface area (Å²) >= 11 is 12.9. The second kappa shape index (κ2) is 10.1. The maximum absolute atomic E-state index is 13.1. The van der Waals surface area contributed by atoms with Gasteiger partial charge < -0.3 is 4.74 Å². The molecular weight excluding hydrogens is 475 g/mol. The van der Waals surface area contributed by atoms with Crippen LogP contribution < -0.4 is 15.0 Å². The quantitative estimate of drug-likeness (QED) is 0.354. The van der Waals surface area contributed by atoms with E-state index in [9.17, 15) is 14.4 Å². The molecule has 1 saturated heterocycles. The molecule has 0 aromatic heterocycles. The number of hydrogen-bond acceptors (Lipinski definition) is 4. The van der Waals surface area contributed by atoms with Crippen molar-refractivity contribution in [3.63, 3.8) is 0 Å². The lowest BCUT2D eigenvalue weighted by Gasteiger charge is -2.26. The minimum atomic E-state index is -0.804. The number of barbiturate groups is 1. The van der Waals surface area contributed by atoms with Crippen LogP contribution in [-0.4, -0.2) is 24.5 Å². The van der Waals surface area contributed by atoms with Gasteiger partial charge in [0.15, 0.2) is 0 Å². The van der Waals surface area contributed by atoms with Gasteiger partial charge in [-0.1, -0.05) is 59.6 Å². The fourth-order valence-corrected chi connectivity index (χ4v) is 4.13. The van der Waals surface area contributed by atoms with E-state index in [-0.39, 0.29) is 5.57 Å². The van der Waals surface area contributed by atoms with E-state index in [1.807, 2.05) is 25.1 Å². The number of carbonyl (C=O) groups is 3. The van der Waals surface area contributed by atoms with Crippen molar-refractivity contribution in [2.75, 3.05) is 11.5 Å². The van der Waals surface area contributed by atoms with Crippen LogP contribution in [0.1, 0.15) is 23.6 Å². The number of halogens is 2. The molecule has 0 saturated carbocycles. The minimum absolute atomic E-state index is 0.194. The molecule has 1 heterocycles. The normalized spacial score (nSPS) is 15.0. The Morgan fingerprint density at radius 3 is 2.35 bits per heavy atom. The number of imide groups is 2. The molecule has 172 valence electrons. The second-order valence-corrected chi connectivity index (χ2v) is 8.29. The first-order valence-electron chi connectivity index (χ1n) is 10.5. The molecule has 1 N–H and O–H groups in total. The summed E-state index contributed by atoms with van der Waals surface area (Å²) in [7, 11) is 0. The molecule has 0 unspecified atom stereocenters. The Hall–Kier alpha value is -3.61. The van der Waals surface area contributed by atoms with Crippen molar-refractivity contribution < 1.29 is 19.1 Å². The van der Waals surface area contributed by atoms with E-state index in [1.165, 1.54) is 6.08 Å². The van der Waals surface area contributed by atoms with Crippen molar-refractivity contribution in [3.8, 4) is 5.75 Å². The molecule has 0 spiro atoms. The Morgan fingerprint density at radius 2 is 1.65 bits per heavy atom. The van der Waals surface area contributed by atoms with Crippen molar-refractivity contribution in [2.45, 2.75) is 13.3 Å². The molecule has 0 aliphatic carbocycles. The number of urea groups is 1. The van der Waals surface area contributed by atoms with Crippen molar-refractivity contribution in [2.24, 2.45) is 0 Å². The number of nitrogens with zero attached hydrogens (tertiary/aromatic N) is 1. The Balaban J connectivity index is 1.73. The summed E-state index contributed by atoms with van der Waals surface area (Å²) in [6.45, 7) is 2.24. The lowest BCUT2D eigenvalue weighted by atomic mass is 10.00. The molecule has 34 heavy (non-hydrogen) atoms. The van der Waals surface area contributed by atoms with Gasteiger partial charge in [0.2, 0.25) is 0 Å². The van der Waals surface area contributed by atoms with Crippen LogP contribution in [0.2, 0.25) is 10.0 Å². The average Bonchev–Trinajstić information content (AvgIpc) is 2.81. The van der Waals surface area contributed by atoms with Crippen LogP contribution in [0.25, 0.3) is 6.08 Å². The summed E-state index contributed by atoms with van der Waals surface area (Å²) in [4.78, 5) is 38.9. The largest absolute Gasteiger partial charge is 0.494 e. The highest BCUT2D eigenvalue weighted by Gasteiger charge is 2.36. The molecular formula is C26H20Cl2N2O4. The van der Waals surface area contributed by atoms with Crippen molar-refractivity contribution in [3.05, 3.63) is 99.0 Å². The van der Waals surface area contributed by atoms with E-state index < -0.39 is 17.8 Å². The molecule has 8 heteroatoms. The molecule has 1 aliphatic rings. The van der Waals surface area contributed by atoms with Crippen LogP contribution in [0.5, 0.6) is 5.75 Å². The first-order chi connectivity index (χ1) is 16.4. The van der Waals surface area contributed by atoms with Crippen molar-refractivity contribution in [1.82, 2.24) is 5.32 Å². The molecule has 4 rings (SSSR count). The highest BCUT2D eigenvalue weighted by atomic mass is 35.5. The van der Waals surface area contributed by atoms with Crippen molar-refractivity contribution >= 4 is 52.8 Å². The van der Waals surface area contributed by atoms with Crippen LogP contribution in [0.15, 0.2) is 72.3 Å². The smallest absolute Gasteiger partial charge is 0.335 e. The SMILES string of the molecule is CCOc1cc(/C=C2\C(=O)NC(=O)N(c3ccccc3)C2=O)cc(Cl)c1Cc1ccccc1Cl. The van der Waals surface area contributed by atoms with Crippen molar-refractivity contribution in [1.29, 1.82) is 0 Å². The van der Waals surface area contributed by atoms with Gasteiger partial charge in [0, 0.05) is 22.0 Å². The molecule has 1 fully saturated rings. The minimum Gasteiger partial charge on any atom is -0.494 e. The van der Waals surface area contributed by atoms with Crippen LogP contribution in [0.3, 0.4) is 0 Å². The van der Waals surface area contributed by atoms with Gasteiger partial charge in [-0.15, -0.1) is 0 Å². The van der Waals surface area contributed by atoms with Gasteiger partial charge in [0.25, 0.3) is 11.8 Å². The fourth-order valence-electron chi connectivity index (χ4n) is 3.64. The maximum atomic E-state index is 13.1. The third-order valence-corrected chi connectivity index (χ3v) is 5.93. The average molecular weight is 495 g/mol. The predicted octanol–water partition coefficient (Wildman–Crippen LogP) is 5.65. The van der Waals surface area contributed by atoms with Crippen LogP contribution >= 0.6 is 23.2 Å². The highest BCUT2D eigenvalue weighted by Crippen LogP contribution is 2.34. The number of hydrogen-bond donors (Lipinski definition) is 1. The summed E-state index contributed by atoms with van der Waals surface area (Å²) < 4.78 is 5.81. The zero-order chi connectivity index (χ0) is 24.2. The number of ether oxygens (including phenoxy) is 1. The number of anilines is 1. The van der Waals surface area contributed by atoms with Crippen LogP contribution in [0, 0.1) is 0 Å².